The van der Waals surface area contributed by atoms with Crippen molar-refractivity contribution in [3.8, 4) is 17.0 Å². The van der Waals surface area contributed by atoms with E-state index in [4.69, 9.17) is 17.3 Å². The van der Waals surface area contributed by atoms with Gasteiger partial charge in [-0.1, -0.05) is 23.7 Å². The molecule has 1 aromatic carbocycles. The summed E-state index contributed by atoms with van der Waals surface area (Å²) in [7, 11) is 0. The summed E-state index contributed by atoms with van der Waals surface area (Å²) in [5.41, 5.74) is 9.28. The summed E-state index contributed by atoms with van der Waals surface area (Å²) in [4.78, 5) is 4.66. The summed E-state index contributed by atoms with van der Waals surface area (Å²) in [5, 5.41) is 26.8. The fourth-order valence-electron chi connectivity index (χ4n) is 4.46. The Labute approximate surface area is 172 Å². The van der Waals surface area contributed by atoms with E-state index >= 15 is 0 Å². The molecule has 0 aliphatic carbocycles. The minimum absolute atomic E-state index is 0.171. The quantitative estimate of drug-likeness (QED) is 0.680. The first-order valence-corrected chi connectivity index (χ1v) is 9.91. The highest BCUT2D eigenvalue weighted by Gasteiger charge is 2.41. The second-order valence-electron chi connectivity index (χ2n) is 7.45. The topological polar surface area (TPSA) is 104 Å². The fraction of sp³-hybridized carbons (Fsp3) is 0.300. The molecule has 2 aliphatic rings. The molecule has 0 radical (unpaired) electrons. The van der Waals surface area contributed by atoms with Gasteiger partial charge in [0.1, 0.15) is 5.75 Å². The van der Waals surface area contributed by atoms with Gasteiger partial charge >= 0.3 is 0 Å². The molecular formula is C20H20ClN7O. The molecule has 0 saturated carbocycles. The number of hydrogen-bond acceptors (Lipinski definition) is 8. The zero-order chi connectivity index (χ0) is 20.0. The third-order valence-electron chi connectivity index (χ3n) is 5.71. The highest BCUT2D eigenvalue weighted by Crippen LogP contribution is 2.38. The van der Waals surface area contributed by atoms with E-state index in [1.54, 1.807) is 18.3 Å². The minimum atomic E-state index is 0.171. The summed E-state index contributed by atoms with van der Waals surface area (Å²) < 4.78 is 0. The normalized spacial score (nSPS) is 20.9. The zero-order valence-electron chi connectivity index (χ0n) is 15.6. The Balaban J connectivity index is 1.45. The van der Waals surface area contributed by atoms with Crippen molar-refractivity contribution in [2.45, 2.75) is 24.9 Å². The van der Waals surface area contributed by atoms with E-state index in [1.165, 1.54) is 0 Å². The monoisotopic (exact) mass is 409 g/mol. The first kappa shape index (κ1) is 17.9. The Kier molecular flexibility index (Phi) is 4.35. The number of halogens is 1. The van der Waals surface area contributed by atoms with Crippen molar-refractivity contribution in [1.82, 2.24) is 20.4 Å². The molecule has 3 aromatic rings. The van der Waals surface area contributed by atoms with Crippen molar-refractivity contribution in [2.24, 2.45) is 0 Å². The molecular weight excluding hydrogens is 390 g/mol. The second kappa shape index (κ2) is 7.04. The van der Waals surface area contributed by atoms with E-state index in [0.717, 1.165) is 37.3 Å². The molecule has 148 valence electrons. The number of nitrogen functional groups attached to an aromatic ring is 1. The number of nitrogens with zero attached hydrogens (tertiary/aromatic N) is 6. The first-order valence-electron chi connectivity index (χ1n) is 9.53. The first-order chi connectivity index (χ1) is 14.1. The van der Waals surface area contributed by atoms with Crippen LogP contribution in [0.15, 0.2) is 42.6 Å². The molecule has 3 N–H and O–H groups in total. The Hall–Kier alpha value is -3.13. The van der Waals surface area contributed by atoms with Gasteiger partial charge in [-0.3, -0.25) is 0 Å². The Morgan fingerprint density at radius 2 is 1.79 bits per heavy atom. The van der Waals surface area contributed by atoms with Crippen LogP contribution >= 0.6 is 11.6 Å². The number of phenols is 1. The predicted molar refractivity (Wildman–Crippen MR) is 112 cm³/mol. The van der Waals surface area contributed by atoms with Crippen molar-refractivity contribution < 1.29 is 5.11 Å². The molecule has 4 heterocycles. The number of hydrogen-bond donors (Lipinski definition) is 2. The van der Waals surface area contributed by atoms with Crippen molar-refractivity contribution in [3.63, 3.8) is 0 Å². The number of anilines is 3. The molecule has 2 atom stereocenters. The highest BCUT2D eigenvalue weighted by atomic mass is 35.5. The third kappa shape index (κ3) is 3.19. The van der Waals surface area contributed by atoms with Crippen LogP contribution in [0.1, 0.15) is 12.8 Å². The van der Waals surface area contributed by atoms with Gasteiger partial charge in [0.2, 0.25) is 0 Å². The molecule has 2 unspecified atom stereocenters. The zero-order valence-corrected chi connectivity index (χ0v) is 16.4. The highest BCUT2D eigenvalue weighted by molar-refractivity contribution is 6.29. The van der Waals surface area contributed by atoms with Gasteiger partial charge in [0, 0.05) is 36.8 Å². The number of fused-ring (bicyclic) bond motifs is 2. The summed E-state index contributed by atoms with van der Waals surface area (Å²) in [6.45, 7) is 1.62. The lowest BCUT2D eigenvalue weighted by molar-refractivity contribution is 0.477. The van der Waals surface area contributed by atoms with E-state index < -0.39 is 0 Å². The van der Waals surface area contributed by atoms with E-state index in [1.807, 2.05) is 24.3 Å². The summed E-state index contributed by atoms with van der Waals surface area (Å²) in [6.07, 6.45) is 3.95. The van der Waals surface area contributed by atoms with Crippen LogP contribution in [-0.4, -0.2) is 50.7 Å². The molecule has 2 bridgehead atoms. The van der Waals surface area contributed by atoms with Crippen LogP contribution in [0.2, 0.25) is 5.15 Å². The molecule has 2 fully saturated rings. The summed E-state index contributed by atoms with van der Waals surface area (Å²) >= 11 is 6.05. The molecule has 29 heavy (non-hydrogen) atoms. The average Bonchev–Trinajstić information content (AvgIpc) is 2.98. The summed E-state index contributed by atoms with van der Waals surface area (Å²) in [6, 6.07) is 11.5. The second-order valence-corrected chi connectivity index (χ2v) is 7.84. The number of para-hydroxylation sites is 1. The number of rotatable bonds is 3. The van der Waals surface area contributed by atoms with Crippen LogP contribution < -0.4 is 15.5 Å². The number of nitrogens with two attached hydrogens (primary N) is 1. The largest absolute Gasteiger partial charge is 0.507 e. The van der Waals surface area contributed by atoms with Gasteiger partial charge in [0.05, 0.1) is 23.3 Å². The lowest BCUT2D eigenvalue weighted by Gasteiger charge is -2.43. The maximum Gasteiger partial charge on any atom is 0.169 e. The van der Waals surface area contributed by atoms with Crippen molar-refractivity contribution in [3.05, 3.63) is 47.7 Å². The van der Waals surface area contributed by atoms with E-state index in [0.29, 0.717) is 34.3 Å². The van der Waals surface area contributed by atoms with Gasteiger partial charge in [-0.05, 0) is 31.0 Å². The minimum Gasteiger partial charge on any atom is -0.507 e. The fourth-order valence-corrected chi connectivity index (χ4v) is 4.62. The molecule has 2 aliphatic heterocycles. The smallest absolute Gasteiger partial charge is 0.169 e. The van der Waals surface area contributed by atoms with E-state index in [-0.39, 0.29) is 5.75 Å². The van der Waals surface area contributed by atoms with Gasteiger partial charge in [-0.15, -0.1) is 15.3 Å². The lowest BCUT2D eigenvalue weighted by atomic mass is 10.1. The average molecular weight is 410 g/mol. The molecule has 2 aromatic heterocycles. The third-order valence-corrected chi connectivity index (χ3v) is 5.90. The molecule has 8 nitrogen and oxygen atoms in total. The lowest BCUT2D eigenvalue weighted by Crippen LogP contribution is -2.54. The Bertz CT molecular complexity index is 1050. The molecule has 2 saturated heterocycles. The molecule has 5 rings (SSSR count). The van der Waals surface area contributed by atoms with Crippen LogP contribution in [0.25, 0.3) is 11.3 Å². The van der Waals surface area contributed by atoms with Gasteiger partial charge in [0.25, 0.3) is 0 Å². The molecule has 9 heteroatoms. The van der Waals surface area contributed by atoms with Gasteiger partial charge in [0.15, 0.2) is 11.0 Å². The van der Waals surface area contributed by atoms with Crippen molar-refractivity contribution in [1.29, 1.82) is 0 Å². The van der Waals surface area contributed by atoms with Crippen LogP contribution in [0.3, 0.4) is 0 Å². The standard InChI is InChI=1S/C20H20ClN7O/c21-19-7-14(9-23-25-19)28-12-5-6-13(28)11-27(10-12)17-8-16(24-26-20(17)22)15-3-1-2-4-18(15)29/h1-4,7-9,12-13,29H,5-6,10-11H2,(H2,22,26). The van der Waals surface area contributed by atoms with E-state index in [2.05, 4.69) is 30.2 Å². The van der Waals surface area contributed by atoms with Crippen LogP contribution in [0, 0.1) is 0 Å². The number of phenolic OH excluding ortho intramolecular Hbond substituents is 1. The van der Waals surface area contributed by atoms with Gasteiger partial charge in [-0.25, -0.2) is 0 Å². The maximum absolute atomic E-state index is 10.2. The van der Waals surface area contributed by atoms with Crippen LogP contribution in [0.5, 0.6) is 5.75 Å². The summed E-state index contributed by atoms with van der Waals surface area (Å²) in [5.74, 6) is 0.565. The maximum atomic E-state index is 10.2. The van der Waals surface area contributed by atoms with Crippen LogP contribution in [0.4, 0.5) is 17.2 Å². The number of piperazine rings is 1. The SMILES string of the molecule is Nc1nnc(-c2ccccc2O)cc1N1CC2CCC(C1)N2c1cnnc(Cl)c1. The van der Waals surface area contributed by atoms with Gasteiger partial charge in [-0.2, -0.15) is 5.10 Å². The Morgan fingerprint density at radius 3 is 2.52 bits per heavy atom. The van der Waals surface area contributed by atoms with E-state index in [9.17, 15) is 5.11 Å². The molecule has 0 amide bonds. The molecule has 0 spiro atoms. The number of benzene rings is 1. The van der Waals surface area contributed by atoms with Gasteiger partial charge < -0.3 is 20.6 Å². The Morgan fingerprint density at radius 1 is 1.03 bits per heavy atom. The number of aromatic nitrogens is 4. The van der Waals surface area contributed by atoms with Crippen molar-refractivity contribution in [2.75, 3.05) is 28.6 Å². The predicted octanol–water partition coefficient (Wildman–Crippen LogP) is 2.73. The van der Waals surface area contributed by atoms with Crippen molar-refractivity contribution >= 4 is 28.8 Å². The van der Waals surface area contributed by atoms with Crippen LogP contribution in [-0.2, 0) is 0 Å². The number of aromatic hydroxyl groups is 1.